The Bertz CT molecular complexity index is 4960. The number of piperidine rings is 1. The Kier molecular flexibility index (Phi) is 38.8. The minimum atomic E-state index is -2.48. The zero-order valence-corrected chi connectivity index (χ0v) is 78.5. The molecule has 36 nitrogen and oxygen atoms in total. The smallest absolute Gasteiger partial charge is 0.329 e. The average molecular weight is 1850 g/mol. The van der Waals surface area contributed by atoms with Crippen LogP contribution in [0.5, 0.6) is 0 Å². The molecule has 1 aliphatic carbocycles. The number of piperazine rings is 1. The zero-order valence-electron chi connectivity index (χ0n) is 78.5. The maximum absolute atomic E-state index is 14.8. The number of fused-ring (bicyclic) bond motifs is 5. The number of hydrogen-bond acceptors (Lipinski definition) is 33. The summed E-state index contributed by atoms with van der Waals surface area (Å²) >= 11 is 0. The second kappa shape index (κ2) is 50.6. The predicted molar refractivity (Wildman–Crippen MR) is 498 cm³/mol. The quantitative estimate of drug-likeness (QED) is 0.00788. The molecular formula is C97H138N16O20. The molecule has 4 aromatic heterocycles. The van der Waals surface area contributed by atoms with E-state index in [-0.39, 0.29) is 86.2 Å². The Balaban J connectivity index is 0.520. The van der Waals surface area contributed by atoms with Crippen LogP contribution in [0.15, 0.2) is 125 Å². The monoisotopic (exact) mass is 1850 g/mol. The summed E-state index contributed by atoms with van der Waals surface area (Å²) in [5.41, 5.74) is 26.7. The number of Topliss-reactive ketones (excluding diaryl/α,β-unsaturated/α-hetero) is 3. The number of nitrogen functional groups attached to an aromatic ring is 2. The summed E-state index contributed by atoms with van der Waals surface area (Å²) in [6.45, 7) is 22.6. The number of nitrogens with two attached hydrogens (primary N) is 2. The molecule has 3 saturated heterocycles. The second-order valence-corrected chi connectivity index (χ2v) is 36.1. The number of amides is 2. The van der Waals surface area contributed by atoms with Gasteiger partial charge in [0.25, 0.3) is 17.7 Å². The lowest BCUT2D eigenvalue weighted by Crippen LogP contribution is -2.61. The molecule has 2 amide bonds. The molecule has 9 heterocycles. The number of aliphatic hydroxyl groups excluding tert-OH is 2. The van der Waals surface area contributed by atoms with Crippen LogP contribution in [0.1, 0.15) is 150 Å². The number of unbranched alkanes of at least 4 members (excludes halogenated alkanes) is 1. The van der Waals surface area contributed by atoms with Gasteiger partial charge in [-0.05, 0) is 155 Å². The topological polar surface area (TPSA) is 452 Å². The maximum atomic E-state index is 14.8. The van der Waals surface area contributed by atoms with E-state index in [1.807, 2.05) is 98.9 Å². The molecule has 133 heavy (non-hydrogen) atoms. The van der Waals surface area contributed by atoms with Crippen molar-refractivity contribution in [2.45, 2.75) is 212 Å². The average Bonchev–Trinajstić information content (AvgIpc) is 1.70. The number of hydrazine groups is 2. The molecule has 726 valence electrons. The van der Waals surface area contributed by atoms with Crippen LogP contribution in [0.3, 0.4) is 0 Å². The predicted octanol–water partition coefficient (Wildman–Crippen LogP) is 8.68. The number of methoxy groups -OCH3 is 2. The molecule has 12 rings (SSSR count). The Morgan fingerprint density at radius 3 is 2.21 bits per heavy atom. The molecule has 5 aliphatic heterocycles. The van der Waals surface area contributed by atoms with Crippen LogP contribution < -0.4 is 32.6 Å². The first kappa shape index (κ1) is 102. The summed E-state index contributed by atoms with van der Waals surface area (Å²) in [5.74, 6) is -8.00. The summed E-state index contributed by atoms with van der Waals surface area (Å²) in [5, 5.41) is 45.3. The fourth-order valence-electron chi connectivity index (χ4n) is 18.2. The van der Waals surface area contributed by atoms with Crippen molar-refractivity contribution in [3.8, 4) is 22.4 Å². The number of hydrogen-bond donors (Lipinski definition) is 8. The third kappa shape index (κ3) is 28.8. The van der Waals surface area contributed by atoms with Crippen LogP contribution in [0, 0.1) is 35.5 Å². The van der Waals surface area contributed by atoms with Gasteiger partial charge in [-0.1, -0.05) is 89.3 Å². The molecule has 4 fully saturated rings. The number of anilines is 3. The highest BCUT2D eigenvalue weighted by Gasteiger charge is 2.53. The van der Waals surface area contributed by atoms with Crippen molar-refractivity contribution in [1.29, 1.82) is 0 Å². The van der Waals surface area contributed by atoms with Crippen molar-refractivity contribution in [2.24, 2.45) is 35.5 Å². The van der Waals surface area contributed by atoms with Crippen LogP contribution in [-0.4, -0.2) is 287 Å². The summed E-state index contributed by atoms with van der Waals surface area (Å²) in [6.07, 6.45) is 19.1. The number of benzene rings is 2. The molecule has 1 saturated carbocycles. The third-order valence-electron chi connectivity index (χ3n) is 26.1. The molecule has 2 aromatic carbocycles. The van der Waals surface area contributed by atoms with E-state index in [0.29, 0.717) is 177 Å². The van der Waals surface area contributed by atoms with Crippen molar-refractivity contribution < 1.29 is 95.9 Å². The highest BCUT2D eigenvalue weighted by Crippen LogP contribution is 2.40. The number of cyclic esters (lactones) is 1. The van der Waals surface area contributed by atoms with E-state index in [4.69, 9.17) is 78.3 Å². The van der Waals surface area contributed by atoms with Crippen molar-refractivity contribution in [3.05, 3.63) is 126 Å². The van der Waals surface area contributed by atoms with Crippen molar-refractivity contribution >= 4 is 75.0 Å². The van der Waals surface area contributed by atoms with Crippen molar-refractivity contribution in [3.63, 3.8) is 0 Å². The minimum Gasteiger partial charge on any atom is -0.460 e. The minimum absolute atomic E-state index is 0.0517. The number of rotatable bonds is 36. The van der Waals surface area contributed by atoms with E-state index in [0.717, 1.165) is 85.5 Å². The lowest BCUT2D eigenvalue weighted by Gasteiger charge is -2.42. The molecular weight excluding hydrogens is 1710 g/mol. The lowest BCUT2D eigenvalue weighted by molar-refractivity contribution is -0.265. The van der Waals surface area contributed by atoms with Crippen LogP contribution in [-0.2, 0) is 89.3 Å². The van der Waals surface area contributed by atoms with Crippen LogP contribution in [0.2, 0.25) is 0 Å². The van der Waals surface area contributed by atoms with Gasteiger partial charge in [-0.3, -0.25) is 33.9 Å². The Morgan fingerprint density at radius 1 is 0.737 bits per heavy atom. The molecule has 6 aliphatic rings. The number of esters is 1. The third-order valence-corrected chi connectivity index (χ3v) is 26.1. The van der Waals surface area contributed by atoms with Gasteiger partial charge < -0.3 is 99.1 Å². The maximum Gasteiger partial charge on any atom is 0.329 e. The first-order valence-electron chi connectivity index (χ1n) is 47.2. The van der Waals surface area contributed by atoms with E-state index in [1.54, 1.807) is 52.7 Å². The normalized spacial score (nSPS) is 27.2. The standard InChI is InChI=1S/C97H138N16O20/c1-62-18-11-10-12-19-63(2)81(123-8)54-75-26-23-68(7)97(122,133-75)90(119)93(120)112-31-15-13-22-77(112)94(121)131-82(55-78(114)64(3)49-67(6)88(117)89(118)87(116)66(5)48-62)65(4)50-69-24-27-80(83(52-69)124-9)130-60-70-20-17-21-71(51-70)73-56-101-96(102-57-73)110-35-33-109(34-36-110)58-74-59-111(108-106-74)37-39-126-41-43-128-45-47-129-46-44-127-42-40-125-38-29-84(115)100-30-14-16-32-113-92-85(91(98)103-61-104-92)86(107-113)72-25-28-79-76(53-72)105-95(99)132-79/h10-12,17-21,25,28,49,51,53,56-57,59,61-62,64-66,68-69,75,77,80-83,88-89,106,108,117-118,122H,13-16,22-24,26-27,29-48,50,52,54-55,58,60H2,1-9H3,(H2,99,105)(H,100,115)(H2,98,103,104)/b12-10+,18-11+,63-19+,67-49+/t62-,64-,65-,66-,68-,69+,75+,77+,80-,81+,82+,83-,88-,89+,97-/m1/s1. The number of carbonyl (C=O) groups is 6. The Hall–Kier alpha value is -9.90. The van der Waals surface area contributed by atoms with E-state index in [1.165, 1.54) is 17.3 Å². The number of nitrogens with one attached hydrogen (secondary N) is 3. The molecule has 15 atom stereocenters. The van der Waals surface area contributed by atoms with Crippen LogP contribution in [0.4, 0.5) is 17.8 Å². The van der Waals surface area contributed by atoms with Gasteiger partial charge in [0.1, 0.15) is 53.5 Å². The first-order valence-corrected chi connectivity index (χ1v) is 47.2. The summed E-state index contributed by atoms with van der Waals surface area (Å²) in [7, 11) is 3.24. The number of ether oxygens (including phenoxy) is 10. The van der Waals surface area contributed by atoms with Gasteiger partial charge in [-0.25, -0.2) is 29.4 Å². The van der Waals surface area contributed by atoms with Crippen molar-refractivity contribution in [2.75, 3.05) is 149 Å². The number of aliphatic hydroxyl groups is 3. The van der Waals surface area contributed by atoms with Crippen molar-refractivity contribution in [1.82, 2.24) is 65.8 Å². The largest absolute Gasteiger partial charge is 0.460 e. The summed E-state index contributed by atoms with van der Waals surface area (Å²) < 4.78 is 67.0. The summed E-state index contributed by atoms with van der Waals surface area (Å²) in [4.78, 5) is 113. The highest BCUT2D eigenvalue weighted by atomic mass is 16.6. The molecule has 6 aromatic rings. The Labute approximate surface area is 778 Å². The number of ketones is 3. The van der Waals surface area contributed by atoms with Gasteiger partial charge >= 0.3 is 5.97 Å². The molecule has 0 unspecified atom stereocenters. The number of aryl methyl sites for hydroxylation is 1. The second-order valence-electron chi connectivity index (χ2n) is 36.1. The van der Waals surface area contributed by atoms with Crippen LogP contribution in [0.25, 0.3) is 44.5 Å². The highest BCUT2D eigenvalue weighted by molar-refractivity contribution is 6.39. The molecule has 10 N–H and O–H groups in total. The zero-order chi connectivity index (χ0) is 94.5. The number of nitrogens with zero attached hydrogens (tertiary/aromatic N) is 11. The molecule has 0 spiro atoms. The Morgan fingerprint density at radius 2 is 1.47 bits per heavy atom. The molecule has 36 heteroatoms. The van der Waals surface area contributed by atoms with Gasteiger partial charge in [-0.2, -0.15) is 10.1 Å². The van der Waals surface area contributed by atoms with Gasteiger partial charge in [-0.15, -0.1) is 5.53 Å². The first-order chi connectivity index (χ1) is 64.2. The lowest BCUT2D eigenvalue weighted by atomic mass is 9.78. The fraction of sp³-hybridized carbons (Fsp3) is 0.608. The summed E-state index contributed by atoms with van der Waals surface area (Å²) in [6, 6.07) is 12.5. The molecule has 0 radical (unpaired) electrons. The number of carbonyl (C=O) groups excluding carboxylic acids is 6. The number of aromatic nitrogens is 7. The SMILES string of the molecule is CO[C@H]1C[C@@H]2CC[C@@H](C)[C@@](O)(O2)C(=O)C(=O)N2CCCC[C@H]2C(=O)O[C@H]([C@H](C)C[C@@H]2CC[C@@H](OCc3cccc(-c4cnc(N5CCN(CC6=CN(CCOCCOCCOCCOCCOCCC(=O)NCCCCn7nc(-c8ccc9oc(N)nc9c8)c8c(N)ncnc87)NN6)CC5)nc4)c3)[C@H](OC)C2)CC(=O)[C@H](C)/C=C(\C)[C@@H](O)[C@@H](O)C(=O)[C@H](C)C[C@H](C)/C=C/C=C/C=C/1C. The van der Waals surface area contributed by atoms with Gasteiger partial charge in [0, 0.05) is 133 Å². The van der Waals surface area contributed by atoms with E-state index in [9.17, 15) is 44.1 Å². The fourth-order valence-corrected chi connectivity index (χ4v) is 18.2. The van der Waals surface area contributed by atoms with Gasteiger partial charge in [0.15, 0.2) is 17.0 Å². The molecule has 2 bridgehead atoms. The van der Waals surface area contributed by atoms with Gasteiger partial charge in [0.2, 0.25) is 17.6 Å². The number of allylic oxidation sites excluding steroid dienone is 6. The van der Waals surface area contributed by atoms with E-state index in [2.05, 4.69) is 53.3 Å². The van der Waals surface area contributed by atoms with Crippen LogP contribution >= 0.6 is 0 Å². The van der Waals surface area contributed by atoms with Gasteiger partial charge in [0.05, 0.1) is 115 Å². The number of oxazole rings is 1. The van der Waals surface area contributed by atoms with E-state index >= 15 is 0 Å². The van der Waals surface area contributed by atoms with E-state index < -0.39 is 89.5 Å².